The summed E-state index contributed by atoms with van der Waals surface area (Å²) in [6.45, 7) is 6.44. The molecule has 0 aliphatic rings. The second-order valence-electron chi connectivity index (χ2n) is 4.51. The summed E-state index contributed by atoms with van der Waals surface area (Å²) in [5.74, 6) is -0.0716. The molecule has 0 atom stereocenters. The van der Waals surface area contributed by atoms with Crippen molar-refractivity contribution in [3.8, 4) is 0 Å². The number of anilines is 1. The van der Waals surface area contributed by atoms with Gasteiger partial charge in [0.1, 0.15) is 16.4 Å². The summed E-state index contributed by atoms with van der Waals surface area (Å²) in [7, 11) is -3.10. The van der Waals surface area contributed by atoms with Crippen molar-refractivity contribution in [3.05, 3.63) is 29.8 Å². The Labute approximate surface area is 133 Å². The fourth-order valence-electron chi connectivity index (χ4n) is 1.50. The number of amides is 1. The van der Waals surface area contributed by atoms with Gasteiger partial charge in [0.15, 0.2) is 0 Å². The molecule has 6 nitrogen and oxygen atoms in total. The van der Waals surface area contributed by atoms with E-state index in [0.717, 1.165) is 11.8 Å². The van der Waals surface area contributed by atoms with Gasteiger partial charge in [0.2, 0.25) is 0 Å². The summed E-state index contributed by atoms with van der Waals surface area (Å²) >= 11 is 0. The lowest BCUT2D eigenvalue weighted by atomic mass is 10.2. The minimum absolute atomic E-state index is 0.0716. The van der Waals surface area contributed by atoms with Crippen LogP contribution in [0.5, 0.6) is 0 Å². The molecule has 1 amide bonds. The normalized spacial score (nSPS) is 10.4. The fourth-order valence-corrected chi connectivity index (χ4v) is 2.06. The molecule has 7 heteroatoms. The highest BCUT2D eigenvalue weighted by atomic mass is 32.2. The van der Waals surface area contributed by atoms with Gasteiger partial charge < -0.3 is 15.4 Å². The number of rotatable bonds is 6. The number of ether oxygens (including phenoxy) is 1. The van der Waals surface area contributed by atoms with Crippen molar-refractivity contribution >= 4 is 21.6 Å². The second kappa shape index (κ2) is 10.0. The van der Waals surface area contributed by atoms with E-state index in [1.807, 2.05) is 13.8 Å². The van der Waals surface area contributed by atoms with Gasteiger partial charge in [-0.25, -0.2) is 13.2 Å². The van der Waals surface area contributed by atoms with Crippen LogP contribution in [-0.2, 0) is 21.2 Å². The van der Waals surface area contributed by atoms with Crippen LogP contribution >= 0.6 is 0 Å². The largest absolute Gasteiger partial charge is 0.445 e. The maximum atomic E-state index is 11.8. The molecule has 0 bridgehead atoms. The average Bonchev–Trinajstić information content (AvgIpc) is 2.48. The van der Waals surface area contributed by atoms with Crippen molar-refractivity contribution in [2.75, 3.05) is 30.8 Å². The third-order valence-corrected chi connectivity index (χ3v) is 3.64. The van der Waals surface area contributed by atoms with E-state index < -0.39 is 15.9 Å². The van der Waals surface area contributed by atoms with Crippen LogP contribution in [0.25, 0.3) is 0 Å². The van der Waals surface area contributed by atoms with E-state index in [-0.39, 0.29) is 18.9 Å². The zero-order valence-electron chi connectivity index (χ0n) is 13.7. The highest BCUT2D eigenvalue weighted by molar-refractivity contribution is 7.90. The van der Waals surface area contributed by atoms with Crippen LogP contribution in [-0.4, -0.2) is 44.5 Å². The van der Waals surface area contributed by atoms with Crippen LogP contribution in [0.4, 0.5) is 10.5 Å². The van der Waals surface area contributed by atoms with Crippen molar-refractivity contribution in [2.24, 2.45) is 0 Å². The molecule has 0 aliphatic heterocycles. The molecule has 2 N–H and O–H groups in total. The van der Waals surface area contributed by atoms with Crippen LogP contribution in [0.3, 0.4) is 0 Å². The van der Waals surface area contributed by atoms with Crippen LogP contribution in [0.1, 0.15) is 26.3 Å². The third-order valence-electron chi connectivity index (χ3n) is 2.71. The van der Waals surface area contributed by atoms with Crippen molar-refractivity contribution in [1.29, 1.82) is 0 Å². The maximum Gasteiger partial charge on any atom is 0.410 e. The zero-order chi connectivity index (χ0) is 17.2. The summed E-state index contributed by atoms with van der Waals surface area (Å²) in [5, 5.41) is 0. The average molecular weight is 330 g/mol. The fraction of sp³-hybridized carbons (Fsp3) is 0.533. The molecular formula is C15H26N2O4S. The lowest BCUT2D eigenvalue weighted by molar-refractivity contribution is 0.100. The van der Waals surface area contributed by atoms with Crippen molar-refractivity contribution in [2.45, 2.75) is 27.4 Å². The number of nitrogens with zero attached hydrogens (tertiary/aromatic N) is 1. The highest BCUT2D eigenvalue weighted by Crippen LogP contribution is 2.07. The summed E-state index contributed by atoms with van der Waals surface area (Å²) in [5.41, 5.74) is 7.03. The number of benzene rings is 1. The van der Waals surface area contributed by atoms with Gasteiger partial charge >= 0.3 is 6.09 Å². The Morgan fingerprint density at radius 3 is 2.23 bits per heavy atom. The minimum Gasteiger partial charge on any atom is -0.445 e. The number of hydrogen-bond donors (Lipinski definition) is 1. The summed E-state index contributed by atoms with van der Waals surface area (Å²) in [4.78, 5) is 13.2. The Hall–Kier alpha value is -1.76. The van der Waals surface area contributed by atoms with Crippen LogP contribution < -0.4 is 5.73 Å². The van der Waals surface area contributed by atoms with Gasteiger partial charge in [0, 0.05) is 25.0 Å². The smallest absolute Gasteiger partial charge is 0.410 e. The molecule has 0 radical (unpaired) electrons. The van der Waals surface area contributed by atoms with Gasteiger partial charge in [-0.1, -0.05) is 26.0 Å². The van der Waals surface area contributed by atoms with Gasteiger partial charge in [-0.15, -0.1) is 0 Å². The Balaban J connectivity index is 0.00000211. The molecule has 0 fully saturated rings. The molecule has 0 heterocycles. The van der Waals surface area contributed by atoms with E-state index in [1.54, 1.807) is 31.2 Å². The monoisotopic (exact) mass is 330 g/mol. The predicted octanol–water partition coefficient (Wildman–Crippen LogP) is 2.30. The molecular weight excluding hydrogens is 304 g/mol. The molecule has 1 rings (SSSR count). The second-order valence-corrected chi connectivity index (χ2v) is 6.77. The standard InChI is InChI=1S/C13H20N2O4S.C2H6/c1-3-15(8-9-20(2,17)18)13(16)19-10-11-4-6-12(14)7-5-11;1-2/h4-7H,3,8-10,14H2,1-2H3;1-2H3. The summed E-state index contributed by atoms with van der Waals surface area (Å²) < 4.78 is 27.3. The third kappa shape index (κ3) is 8.51. The molecule has 126 valence electrons. The van der Waals surface area contributed by atoms with Crippen LogP contribution in [0, 0.1) is 0 Å². The molecule has 0 aliphatic carbocycles. The van der Waals surface area contributed by atoms with Crippen LogP contribution in [0.2, 0.25) is 0 Å². The Bertz CT molecular complexity index is 541. The molecule has 1 aromatic rings. The Morgan fingerprint density at radius 1 is 1.23 bits per heavy atom. The van der Waals surface area contributed by atoms with E-state index in [1.165, 1.54) is 4.90 Å². The van der Waals surface area contributed by atoms with E-state index in [0.29, 0.717) is 12.2 Å². The lowest BCUT2D eigenvalue weighted by Gasteiger charge is -2.19. The molecule has 22 heavy (non-hydrogen) atoms. The van der Waals surface area contributed by atoms with Crippen molar-refractivity contribution in [3.63, 3.8) is 0 Å². The quantitative estimate of drug-likeness (QED) is 0.808. The molecule has 0 spiro atoms. The van der Waals surface area contributed by atoms with E-state index in [2.05, 4.69) is 0 Å². The van der Waals surface area contributed by atoms with Gasteiger partial charge in [0.25, 0.3) is 0 Å². The van der Waals surface area contributed by atoms with Gasteiger partial charge in [0.05, 0.1) is 5.75 Å². The Kier molecular flexibility index (Phi) is 9.24. The zero-order valence-corrected chi connectivity index (χ0v) is 14.5. The number of carbonyl (C=O) groups is 1. The molecule has 0 unspecified atom stereocenters. The van der Waals surface area contributed by atoms with Crippen molar-refractivity contribution < 1.29 is 17.9 Å². The predicted molar refractivity (Wildman–Crippen MR) is 89.3 cm³/mol. The summed E-state index contributed by atoms with van der Waals surface area (Å²) in [6, 6.07) is 7.00. The molecule has 0 saturated heterocycles. The number of carbonyl (C=O) groups excluding carboxylic acids is 1. The van der Waals surface area contributed by atoms with Gasteiger partial charge in [-0.3, -0.25) is 0 Å². The summed E-state index contributed by atoms with van der Waals surface area (Å²) in [6.07, 6.45) is 0.619. The molecule has 0 saturated carbocycles. The van der Waals surface area contributed by atoms with Gasteiger partial charge in [-0.05, 0) is 24.6 Å². The lowest BCUT2D eigenvalue weighted by Crippen LogP contribution is -2.35. The Morgan fingerprint density at radius 2 is 1.77 bits per heavy atom. The van der Waals surface area contributed by atoms with Crippen molar-refractivity contribution in [1.82, 2.24) is 4.90 Å². The number of nitrogens with two attached hydrogens (primary N) is 1. The highest BCUT2D eigenvalue weighted by Gasteiger charge is 2.15. The SMILES string of the molecule is CC.CCN(CCS(C)(=O)=O)C(=O)OCc1ccc(N)cc1. The first-order chi connectivity index (χ1) is 10.3. The number of hydrogen-bond acceptors (Lipinski definition) is 5. The van der Waals surface area contributed by atoms with Crippen LogP contribution in [0.15, 0.2) is 24.3 Å². The number of nitrogen functional groups attached to an aromatic ring is 1. The first-order valence-electron chi connectivity index (χ1n) is 7.25. The molecule has 1 aromatic carbocycles. The van der Waals surface area contributed by atoms with E-state index in [4.69, 9.17) is 10.5 Å². The first-order valence-corrected chi connectivity index (χ1v) is 9.31. The first kappa shape index (κ1) is 20.2. The minimum atomic E-state index is -3.10. The van der Waals surface area contributed by atoms with E-state index in [9.17, 15) is 13.2 Å². The topological polar surface area (TPSA) is 89.7 Å². The van der Waals surface area contributed by atoms with E-state index >= 15 is 0 Å². The molecule has 0 aromatic heterocycles. The van der Waals surface area contributed by atoms with Gasteiger partial charge in [-0.2, -0.15) is 0 Å². The number of sulfone groups is 1. The maximum absolute atomic E-state index is 11.8.